The first kappa shape index (κ1) is 12.2. The smallest absolute Gasteiger partial charge is 0.338 e. The minimum atomic E-state index is -1.30. The zero-order valence-electron chi connectivity index (χ0n) is 11.2. The Balaban J connectivity index is 1.92. The molecule has 0 aromatic heterocycles. The lowest BCUT2D eigenvalue weighted by Crippen LogP contribution is -2.48. The van der Waals surface area contributed by atoms with Crippen LogP contribution in [0.1, 0.15) is 46.0 Å². The Labute approximate surface area is 108 Å². The van der Waals surface area contributed by atoms with E-state index >= 15 is 0 Å². The van der Waals surface area contributed by atoms with E-state index < -0.39 is 11.6 Å². The van der Waals surface area contributed by atoms with Crippen LogP contribution in [0.4, 0.5) is 0 Å². The van der Waals surface area contributed by atoms with E-state index in [0.29, 0.717) is 5.92 Å². The normalized spacial score (nSPS) is 51.6. The average molecular weight is 250 g/mol. The molecular weight excluding hydrogens is 228 g/mol. The summed E-state index contributed by atoms with van der Waals surface area (Å²) < 4.78 is 5.41. The first-order valence-corrected chi connectivity index (χ1v) is 6.96. The maximum absolute atomic E-state index is 11.8. The number of fused-ring (bicyclic) bond motifs is 2. The molecule has 0 aromatic rings. The number of aliphatic hydroxyl groups is 1. The summed E-state index contributed by atoms with van der Waals surface area (Å²) in [6.07, 6.45) is 5.09. The molecular formula is C15H22O3. The fourth-order valence-electron chi connectivity index (χ4n) is 4.39. The van der Waals surface area contributed by atoms with Crippen LogP contribution in [0.15, 0.2) is 12.2 Å². The van der Waals surface area contributed by atoms with Crippen LogP contribution in [0, 0.1) is 17.3 Å². The molecule has 1 saturated heterocycles. The molecule has 0 bridgehead atoms. The van der Waals surface area contributed by atoms with Gasteiger partial charge in [0.25, 0.3) is 0 Å². The largest absolute Gasteiger partial charge is 0.460 e. The van der Waals surface area contributed by atoms with Crippen molar-refractivity contribution in [2.45, 2.75) is 57.7 Å². The summed E-state index contributed by atoms with van der Waals surface area (Å²) in [6, 6.07) is 0. The third-order valence-corrected chi connectivity index (χ3v) is 5.58. The number of carbonyl (C=O) groups is 1. The second-order valence-corrected chi connectivity index (χ2v) is 6.86. The number of rotatable bonds is 0. The fraction of sp³-hybridized carbons (Fsp3) is 0.800. The average Bonchev–Trinajstić information content (AvgIpc) is 2.47. The molecule has 0 radical (unpaired) electrons. The number of allylic oxidation sites excluding steroid dienone is 1. The molecule has 3 aliphatic rings. The Hall–Kier alpha value is -0.830. The van der Waals surface area contributed by atoms with Gasteiger partial charge in [0.05, 0.1) is 0 Å². The van der Waals surface area contributed by atoms with Gasteiger partial charge in [0, 0.05) is 5.92 Å². The molecule has 1 aliphatic heterocycles. The Kier molecular flexibility index (Phi) is 2.44. The Morgan fingerprint density at radius 3 is 2.89 bits per heavy atom. The zero-order valence-corrected chi connectivity index (χ0v) is 11.2. The van der Waals surface area contributed by atoms with Crippen LogP contribution >= 0.6 is 0 Å². The molecule has 0 spiro atoms. The Morgan fingerprint density at radius 1 is 1.44 bits per heavy atom. The maximum atomic E-state index is 11.8. The molecule has 3 heteroatoms. The maximum Gasteiger partial charge on any atom is 0.338 e. The molecule has 5 atom stereocenters. The van der Waals surface area contributed by atoms with Crippen LogP contribution < -0.4 is 0 Å². The van der Waals surface area contributed by atoms with E-state index in [4.69, 9.17) is 4.74 Å². The molecule has 100 valence electrons. The highest BCUT2D eigenvalue weighted by Crippen LogP contribution is 2.57. The highest BCUT2D eigenvalue weighted by Gasteiger charge is 2.59. The monoisotopic (exact) mass is 250 g/mol. The molecule has 0 aromatic carbocycles. The Bertz CT molecular complexity index is 412. The lowest BCUT2D eigenvalue weighted by atomic mass is 9.55. The van der Waals surface area contributed by atoms with E-state index in [1.54, 1.807) is 6.92 Å². The molecule has 3 rings (SSSR count). The number of ether oxygens (including phenoxy) is 1. The van der Waals surface area contributed by atoms with Crippen molar-refractivity contribution in [3.63, 3.8) is 0 Å². The first-order chi connectivity index (χ1) is 8.34. The number of hydrogen-bond donors (Lipinski definition) is 1. The van der Waals surface area contributed by atoms with E-state index in [1.807, 2.05) is 0 Å². The van der Waals surface area contributed by atoms with Gasteiger partial charge in [-0.05, 0) is 50.4 Å². The predicted molar refractivity (Wildman–Crippen MR) is 67.8 cm³/mol. The van der Waals surface area contributed by atoms with Crippen LogP contribution in [0.25, 0.3) is 0 Å². The van der Waals surface area contributed by atoms with Gasteiger partial charge in [-0.2, -0.15) is 0 Å². The van der Waals surface area contributed by atoms with E-state index in [1.165, 1.54) is 18.4 Å². The van der Waals surface area contributed by atoms with Gasteiger partial charge < -0.3 is 9.84 Å². The van der Waals surface area contributed by atoms with Gasteiger partial charge in [0.2, 0.25) is 0 Å². The second-order valence-electron chi connectivity index (χ2n) is 6.86. The van der Waals surface area contributed by atoms with Gasteiger partial charge in [0.15, 0.2) is 5.60 Å². The van der Waals surface area contributed by atoms with Crippen molar-refractivity contribution in [2.75, 3.05) is 0 Å². The lowest BCUT2D eigenvalue weighted by molar-refractivity contribution is -0.154. The topological polar surface area (TPSA) is 46.5 Å². The van der Waals surface area contributed by atoms with Crippen molar-refractivity contribution in [3.05, 3.63) is 12.2 Å². The summed E-state index contributed by atoms with van der Waals surface area (Å²) in [7, 11) is 0. The van der Waals surface area contributed by atoms with Crippen molar-refractivity contribution in [3.8, 4) is 0 Å². The van der Waals surface area contributed by atoms with Gasteiger partial charge in [-0.15, -0.1) is 0 Å². The minimum absolute atomic E-state index is 0.0575. The van der Waals surface area contributed by atoms with Crippen LogP contribution in [-0.4, -0.2) is 22.8 Å². The van der Waals surface area contributed by atoms with Crippen molar-refractivity contribution in [1.29, 1.82) is 0 Å². The second kappa shape index (κ2) is 3.60. The van der Waals surface area contributed by atoms with E-state index in [2.05, 4.69) is 13.5 Å². The van der Waals surface area contributed by atoms with Gasteiger partial charge in [0.1, 0.15) is 6.10 Å². The van der Waals surface area contributed by atoms with E-state index in [0.717, 1.165) is 19.3 Å². The lowest BCUT2D eigenvalue weighted by Gasteiger charge is -2.50. The highest BCUT2D eigenvalue weighted by atomic mass is 16.6. The molecule has 1 heterocycles. The van der Waals surface area contributed by atoms with Gasteiger partial charge in [-0.3, -0.25) is 0 Å². The van der Waals surface area contributed by atoms with E-state index in [-0.39, 0.29) is 17.4 Å². The van der Waals surface area contributed by atoms with Crippen LogP contribution in [0.3, 0.4) is 0 Å². The van der Waals surface area contributed by atoms with Crippen LogP contribution in [0.5, 0.6) is 0 Å². The highest BCUT2D eigenvalue weighted by molar-refractivity contribution is 5.81. The van der Waals surface area contributed by atoms with Crippen LogP contribution in [0.2, 0.25) is 0 Å². The molecule has 3 fully saturated rings. The summed E-state index contributed by atoms with van der Waals surface area (Å²) in [5.41, 5.74) is 0.207. The first-order valence-electron chi connectivity index (χ1n) is 6.96. The van der Waals surface area contributed by atoms with Crippen molar-refractivity contribution >= 4 is 5.97 Å². The van der Waals surface area contributed by atoms with Gasteiger partial charge in [-0.1, -0.05) is 19.1 Å². The summed E-state index contributed by atoms with van der Waals surface area (Å²) in [5, 5.41) is 10.3. The van der Waals surface area contributed by atoms with E-state index in [9.17, 15) is 9.90 Å². The molecule has 0 amide bonds. The zero-order chi connectivity index (χ0) is 13.1. The minimum Gasteiger partial charge on any atom is -0.460 e. The SMILES string of the molecule is C=C1CCC[C@@]2(C)C[C@@H]3OC(=O)[C@@](C)(O)[C@@H]3C[C@H]12. The quantitative estimate of drug-likeness (QED) is 0.530. The number of carbonyl (C=O) groups excluding carboxylic acids is 1. The molecule has 2 aliphatic carbocycles. The Morgan fingerprint density at radius 2 is 2.17 bits per heavy atom. The predicted octanol–water partition coefficient (Wildman–Crippen LogP) is 2.44. The summed E-state index contributed by atoms with van der Waals surface area (Å²) in [5.74, 6) is -0.0586. The molecule has 2 saturated carbocycles. The van der Waals surface area contributed by atoms with Crippen LogP contribution in [-0.2, 0) is 9.53 Å². The molecule has 3 nitrogen and oxygen atoms in total. The molecule has 18 heavy (non-hydrogen) atoms. The van der Waals surface area contributed by atoms with Gasteiger partial charge >= 0.3 is 5.97 Å². The standard InChI is InChI=1S/C15H22O3/c1-9-5-4-6-14(2)8-12-11(7-10(9)14)15(3,17)13(16)18-12/h10-12,17H,1,4-8H2,2-3H3/t10-,11-,12+,14+,15+/m1/s1. The fourth-order valence-corrected chi connectivity index (χ4v) is 4.39. The number of hydrogen-bond acceptors (Lipinski definition) is 3. The number of esters is 1. The van der Waals surface area contributed by atoms with Crippen molar-refractivity contribution in [2.24, 2.45) is 17.3 Å². The summed E-state index contributed by atoms with van der Waals surface area (Å²) >= 11 is 0. The summed E-state index contributed by atoms with van der Waals surface area (Å²) in [4.78, 5) is 11.8. The van der Waals surface area contributed by atoms with Crippen molar-refractivity contribution in [1.82, 2.24) is 0 Å². The molecule has 0 unspecified atom stereocenters. The van der Waals surface area contributed by atoms with Crippen molar-refractivity contribution < 1.29 is 14.6 Å². The molecule has 1 N–H and O–H groups in total. The summed E-state index contributed by atoms with van der Waals surface area (Å²) in [6.45, 7) is 8.11. The van der Waals surface area contributed by atoms with Gasteiger partial charge in [-0.25, -0.2) is 4.79 Å². The third kappa shape index (κ3) is 1.49. The third-order valence-electron chi connectivity index (χ3n) is 5.58.